The van der Waals surface area contributed by atoms with E-state index in [1.807, 2.05) is 13.8 Å². The second kappa shape index (κ2) is 5.67. The van der Waals surface area contributed by atoms with Crippen molar-refractivity contribution in [2.24, 2.45) is 11.7 Å². The van der Waals surface area contributed by atoms with E-state index in [0.717, 1.165) is 25.2 Å². The molecule has 0 radical (unpaired) electrons. The molecule has 1 rings (SSSR count). The van der Waals surface area contributed by atoms with E-state index < -0.39 is 0 Å². The third-order valence-corrected chi connectivity index (χ3v) is 3.38. The Morgan fingerprint density at radius 2 is 1.88 bits per heavy atom. The normalized spacial score (nSPS) is 26.5. The number of hydrogen-bond acceptors (Lipinski definition) is 2. The van der Waals surface area contributed by atoms with Gasteiger partial charge in [0.1, 0.15) is 0 Å². The molecule has 0 heterocycles. The van der Waals surface area contributed by atoms with Gasteiger partial charge in [0, 0.05) is 18.0 Å². The van der Waals surface area contributed by atoms with Crippen LogP contribution >= 0.6 is 0 Å². The van der Waals surface area contributed by atoms with Gasteiger partial charge in [0.25, 0.3) is 0 Å². The molecule has 0 aromatic heterocycles. The van der Waals surface area contributed by atoms with Crippen LogP contribution in [0.5, 0.6) is 0 Å². The van der Waals surface area contributed by atoms with Crippen LogP contribution in [0.2, 0.25) is 0 Å². The highest BCUT2D eigenvalue weighted by molar-refractivity contribution is 5.76. The molecule has 94 valence electrons. The van der Waals surface area contributed by atoms with Gasteiger partial charge in [-0.1, -0.05) is 6.92 Å². The summed E-state index contributed by atoms with van der Waals surface area (Å²) < 4.78 is 0. The molecular formula is C13H26N2O. The summed E-state index contributed by atoms with van der Waals surface area (Å²) in [6.07, 6.45) is 6.07. The zero-order valence-electron chi connectivity index (χ0n) is 10.9. The van der Waals surface area contributed by atoms with Gasteiger partial charge in [0.05, 0.1) is 0 Å². The molecular weight excluding hydrogens is 200 g/mol. The summed E-state index contributed by atoms with van der Waals surface area (Å²) in [5.74, 6) is 0.995. The Hall–Kier alpha value is -0.570. The average molecular weight is 226 g/mol. The Kier molecular flexibility index (Phi) is 4.78. The first-order valence-corrected chi connectivity index (χ1v) is 6.45. The average Bonchev–Trinajstić information content (AvgIpc) is 2.18. The summed E-state index contributed by atoms with van der Waals surface area (Å²) in [5, 5.41) is 3.12. The SMILES string of the molecule is CC1CCC(NC(=O)CCC(C)(C)N)CC1. The standard InChI is InChI=1S/C13H26N2O/c1-10-4-6-11(7-5-10)15-12(16)8-9-13(2,3)14/h10-11H,4-9,14H2,1-3H3,(H,15,16). The van der Waals surface area contributed by atoms with Gasteiger partial charge in [-0.2, -0.15) is 0 Å². The molecule has 0 bridgehead atoms. The fourth-order valence-corrected chi connectivity index (χ4v) is 2.14. The maximum absolute atomic E-state index is 11.7. The minimum Gasteiger partial charge on any atom is -0.353 e. The molecule has 1 saturated carbocycles. The first kappa shape index (κ1) is 13.5. The van der Waals surface area contributed by atoms with Crippen molar-refractivity contribution in [1.82, 2.24) is 5.32 Å². The van der Waals surface area contributed by atoms with E-state index in [1.165, 1.54) is 12.8 Å². The lowest BCUT2D eigenvalue weighted by Crippen LogP contribution is -2.39. The first-order valence-electron chi connectivity index (χ1n) is 6.45. The quantitative estimate of drug-likeness (QED) is 0.772. The van der Waals surface area contributed by atoms with E-state index in [4.69, 9.17) is 5.73 Å². The molecule has 0 spiro atoms. The molecule has 0 aromatic carbocycles. The number of carbonyl (C=O) groups excluding carboxylic acids is 1. The van der Waals surface area contributed by atoms with E-state index in [2.05, 4.69) is 12.2 Å². The number of nitrogens with two attached hydrogens (primary N) is 1. The molecule has 16 heavy (non-hydrogen) atoms. The first-order chi connectivity index (χ1) is 7.37. The van der Waals surface area contributed by atoms with Gasteiger partial charge in [0.15, 0.2) is 0 Å². The second-order valence-electron chi connectivity index (χ2n) is 6.01. The predicted octanol–water partition coefficient (Wildman–Crippen LogP) is 2.20. The number of amides is 1. The van der Waals surface area contributed by atoms with Crippen molar-refractivity contribution >= 4 is 5.91 Å². The Labute approximate surface area is 99.2 Å². The van der Waals surface area contributed by atoms with Gasteiger partial charge in [-0.05, 0) is 51.9 Å². The van der Waals surface area contributed by atoms with Crippen molar-refractivity contribution in [3.63, 3.8) is 0 Å². The number of rotatable bonds is 4. The van der Waals surface area contributed by atoms with Gasteiger partial charge < -0.3 is 11.1 Å². The highest BCUT2D eigenvalue weighted by Crippen LogP contribution is 2.23. The second-order valence-corrected chi connectivity index (χ2v) is 6.01. The van der Waals surface area contributed by atoms with E-state index >= 15 is 0 Å². The smallest absolute Gasteiger partial charge is 0.220 e. The van der Waals surface area contributed by atoms with Crippen molar-refractivity contribution < 1.29 is 4.79 Å². The molecule has 3 N–H and O–H groups in total. The summed E-state index contributed by atoms with van der Waals surface area (Å²) >= 11 is 0. The fourth-order valence-electron chi connectivity index (χ4n) is 2.14. The summed E-state index contributed by atoms with van der Waals surface area (Å²) in [4.78, 5) is 11.7. The largest absolute Gasteiger partial charge is 0.353 e. The minimum absolute atomic E-state index is 0.165. The van der Waals surface area contributed by atoms with E-state index in [0.29, 0.717) is 12.5 Å². The van der Waals surface area contributed by atoms with Crippen molar-refractivity contribution in [2.45, 2.75) is 70.9 Å². The third-order valence-electron chi connectivity index (χ3n) is 3.38. The highest BCUT2D eigenvalue weighted by atomic mass is 16.1. The Morgan fingerprint density at radius 1 is 1.31 bits per heavy atom. The van der Waals surface area contributed by atoms with Gasteiger partial charge in [-0.3, -0.25) is 4.79 Å². The summed E-state index contributed by atoms with van der Waals surface area (Å²) in [6, 6.07) is 0.407. The van der Waals surface area contributed by atoms with Crippen LogP contribution in [0.25, 0.3) is 0 Å². The third kappa shape index (κ3) is 5.50. The molecule has 1 amide bonds. The lowest BCUT2D eigenvalue weighted by atomic mass is 9.87. The van der Waals surface area contributed by atoms with Crippen LogP contribution in [-0.2, 0) is 4.79 Å². The minimum atomic E-state index is -0.238. The Morgan fingerprint density at radius 3 is 2.38 bits per heavy atom. The molecule has 0 aromatic rings. The van der Waals surface area contributed by atoms with Gasteiger partial charge in [-0.15, -0.1) is 0 Å². The van der Waals surface area contributed by atoms with Gasteiger partial charge in [0.2, 0.25) is 5.91 Å². The highest BCUT2D eigenvalue weighted by Gasteiger charge is 2.20. The number of carbonyl (C=O) groups is 1. The Bertz CT molecular complexity index is 225. The van der Waals surface area contributed by atoms with Crippen LogP contribution in [0.3, 0.4) is 0 Å². The van der Waals surface area contributed by atoms with E-state index in [1.54, 1.807) is 0 Å². The van der Waals surface area contributed by atoms with Crippen LogP contribution in [-0.4, -0.2) is 17.5 Å². The monoisotopic (exact) mass is 226 g/mol. The maximum atomic E-state index is 11.7. The molecule has 3 nitrogen and oxygen atoms in total. The molecule has 0 atom stereocenters. The molecule has 0 unspecified atom stereocenters. The molecule has 1 aliphatic carbocycles. The van der Waals surface area contributed by atoms with Crippen LogP contribution in [0.15, 0.2) is 0 Å². The maximum Gasteiger partial charge on any atom is 0.220 e. The van der Waals surface area contributed by atoms with Gasteiger partial charge >= 0.3 is 0 Å². The molecule has 3 heteroatoms. The van der Waals surface area contributed by atoms with E-state index in [9.17, 15) is 4.79 Å². The fraction of sp³-hybridized carbons (Fsp3) is 0.923. The zero-order valence-corrected chi connectivity index (χ0v) is 10.9. The van der Waals surface area contributed by atoms with E-state index in [-0.39, 0.29) is 11.4 Å². The van der Waals surface area contributed by atoms with Crippen LogP contribution in [0.4, 0.5) is 0 Å². The van der Waals surface area contributed by atoms with Crippen molar-refractivity contribution in [3.8, 4) is 0 Å². The Balaban J connectivity index is 2.19. The van der Waals surface area contributed by atoms with Crippen LogP contribution < -0.4 is 11.1 Å². The molecule has 1 aliphatic rings. The van der Waals surface area contributed by atoms with Gasteiger partial charge in [-0.25, -0.2) is 0 Å². The van der Waals surface area contributed by atoms with Crippen molar-refractivity contribution in [2.75, 3.05) is 0 Å². The lowest BCUT2D eigenvalue weighted by molar-refractivity contribution is -0.122. The molecule has 1 fully saturated rings. The van der Waals surface area contributed by atoms with Crippen molar-refractivity contribution in [1.29, 1.82) is 0 Å². The summed E-state index contributed by atoms with van der Waals surface area (Å²) in [7, 11) is 0. The van der Waals surface area contributed by atoms with Crippen LogP contribution in [0.1, 0.15) is 59.3 Å². The number of nitrogens with one attached hydrogen (secondary N) is 1. The topological polar surface area (TPSA) is 55.1 Å². The van der Waals surface area contributed by atoms with Crippen molar-refractivity contribution in [3.05, 3.63) is 0 Å². The molecule has 0 saturated heterocycles. The number of hydrogen-bond donors (Lipinski definition) is 2. The predicted molar refractivity (Wildman–Crippen MR) is 67.1 cm³/mol. The molecule has 0 aliphatic heterocycles. The van der Waals surface area contributed by atoms with Crippen LogP contribution in [0, 0.1) is 5.92 Å². The zero-order chi connectivity index (χ0) is 12.2. The summed E-state index contributed by atoms with van der Waals surface area (Å²) in [6.45, 7) is 6.21. The lowest BCUT2D eigenvalue weighted by Gasteiger charge is -2.27. The summed E-state index contributed by atoms with van der Waals surface area (Å²) in [5.41, 5.74) is 5.62.